The third-order valence-electron chi connectivity index (χ3n) is 6.12. The molecular weight excluding hydrogens is 486 g/mol. The zero-order valence-corrected chi connectivity index (χ0v) is 20.3. The zero-order chi connectivity index (χ0) is 25.0. The number of anilines is 1. The third-order valence-corrected chi connectivity index (χ3v) is 7.73. The van der Waals surface area contributed by atoms with Crippen LogP contribution >= 0.6 is 0 Å². The molecule has 0 spiro atoms. The summed E-state index contributed by atoms with van der Waals surface area (Å²) in [5, 5.41) is 7.05. The van der Waals surface area contributed by atoms with Crippen LogP contribution in [0.1, 0.15) is 39.0 Å². The Bertz CT molecular complexity index is 1340. The van der Waals surface area contributed by atoms with Crippen LogP contribution in [0.4, 0.5) is 14.5 Å². The Kier molecular flexibility index (Phi) is 6.02. The van der Waals surface area contributed by atoms with Crippen LogP contribution in [0, 0.1) is 0 Å². The largest absolute Gasteiger partial charge is 0.412 e. The van der Waals surface area contributed by atoms with Crippen molar-refractivity contribution in [3.05, 3.63) is 24.4 Å². The van der Waals surface area contributed by atoms with Crippen LogP contribution in [0.15, 0.2) is 27.8 Å². The quantitative estimate of drug-likeness (QED) is 0.484. The third kappa shape index (κ3) is 4.75. The molecule has 1 N–H and O–H groups in total. The van der Waals surface area contributed by atoms with Crippen molar-refractivity contribution in [2.45, 2.75) is 55.8 Å². The van der Waals surface area contributed by atoms with E-state index in [1.165, 1.54) is 16.8 Å². The maximum atomic E-state index is 13.3. The molecule has 3 aromatic rings. The number of hydrogen-bond acceptors (Lipinski definition) is 9. The average molecular weight is 513 g/mol. The molecule has 190 valence electrons. The van der Waals surface area contributed by atoms with Gasteiger partial charge in [-0.2, -0.15) is 8.78 Å². The number of alkyl halides is 2. The lowest BCUT2D eigenvalue weighted by atomic mass is 10.2. The lowest BCUT2D eigenvalue weighted by Gasteiger charge is -2.38. The van der Waals surface area contributed by atoms with E-state index in [0.717, 1.165) is 12.8 Å². The van der Waals surface area contributed by atoms with Gasteiger partial charge in [0.1, 0.15) is 4.90 Å². The van der Waals surface area contributed by atoms with Crippen molar-refractivity contribution in [3.8, 4) is 11.7 Å². The number of pyridine rings is 1. The van der Waals surface area contributed by atoms with Crippen LogP contribution in [0.25, 0.3) is 17.2 Å². The Labute approximate surface area is 200 Å². The van der Waals surface area contributed by atoms with Crippen molar-refractivity contribution in [3.63, 3.8) is 0 Å². The number of sulfonamides is 1. The van der Waals surface area contributed by atoms with E-state index in [1.807, 2.05) is 18.7 Å². The number of halogens is 2. The molecule has 0 aromatic carbocycles. The van der Waals surface area contributed by atoms with E-state index in [-0.39, 0.29) is 28.8 Å². The summed E-state index contributed by atoms with van der Waals surface area (Å²) in [6.07, 6.45) is 1.10. The molecule has 1 saturated heterocycles. The summed E-state index contributed by atoms with van der Waals surface area (Å²) >= 11 is 0. The highest BCUT2D eigenvalue weighted by Gasteiger charge is 2.41. The Balaban J connectivity index is 1.64. The normalized spacial score (nSPS) is 22.3. The molecule has 1 aliphatic heterocycles. The number of imidazole rings is 1. The molecule has 35 heavy (non-hydrogen) atoms. The molecule has 5 rings (SSSR count). The number of ether oxygens (including phenoxy) is 2. The fourth-order valence-electron chi connectivity index (χ4n) is 4.22. The summed E-state index contributed by atoms with van der Waals surface area (Å²) in [5.74, 6) is -1.02. The lowest BCUT2D eigenvalue weighted by Crippen LogP contribution is -2.48. The standard InChI is InChI=1S/C21H26F2N6O5S/c1-12-8-28(9-13(33-12)11-32-3)15-6-14(35(30,31)27-21(2)4-5-21)10-29-16(15)7-24-18(29)20-26-25-19(34-20)17(22)23/h6-7,10,12-13,17,27H,4-5,8-9,11H2,1-3H3/t12-,13+/m0/s1. The van der Waals surface area contributed by atoms with Crippen molar-refractivity contribution in [2.75, 3.05) is 31.7 Å². The Morgan fingerprint density at radius 2 is 2.09 bits per heavy atom. The van der Waals surface area contributed by atoms with E-state index in [1.54, 1.807) is 13.2 Å². The van der Waals surface area contributed by atoms with Gasteiger partial charge in [-0.1, -0.05) is 0 Å². The van der Waals surface area contributed by atoms with Crippen LogP contribution < -0.4 is 9.62 Å². The van der Waals surface area contributed by atoms with Crippen molar-refractivity contribution < 1.29 is 31.1 Å². The summed E-state index contributed by atoms with van der Waals surface area (Å²) in [5.41, 5.74) is 0.664. The second-order valence-electron chi connectivity index (χ2n) is 9.24. The summed E-state index contributed by atoms with van der Waals surface area (Å²) in [6.45, 7) is 5.10. The Morgan fingerprint density at radius 1 is 1.31 bits per heavy atom. The number of aromatic nitrogens is 4. The van der Waals surface area contributed by atoms with Crippen LogP contribution in [0.3, 0.4) is 0 Å². The highest BCUT2D eigenvalue weighted by Crippen LogP contribution is 2.37. The van der Waals surface area contributed by atoms with Gasteiger partial charge in [-0.3, -0.25) is 4.40 Å². The van der Waals surface area contributed by atoms with Crippen LogP contribution in [0.2, 0.25) is 0 Å². The fourth-order valence-corrected chi connectivity index (χ4v) is 5.70. The molecular formula is C21H26F2N6O5S. The van der Waals surface area contributed by atoms with Crippen molar-refractivity contribution in [1.29, 1.82) is 0 Å². The minimum absolute atomic E-state index is 0.00316. The smallest absolute Gasteiger partial charge is 0.314 e. The van der Waals surface area contributed by atoms with E-state index in [4.69, 9.17) is 13.9 Å². The molecule has 14 heteroatoms. The van der Waals surface area contributed by atoms with Crippen molar-refractivity contribution >= 4 is 21.2 Å². The number of methoxy groups -OCH3 is 1. The summed E-state index contributed by atoms with van der Waals surface area (Å²) in [4.78, 5) is 6.31. The molecule has 0 amide bonds. The lowest BCUT2D eigenvalue weighted by molar-refractivity contribution is -0.0510. The molecule has 0 unspecified atom stereocenters. The van der Waals surface area contributed by atoms with E-state index in [9.17, 15) is 17.2 Å². The van der Waals surface area contributed by atoms with Crippen LogP contribution in [-0.4, -0.2) is 72.6 Å². The summed E-state index contributed by atoms with van der Waals surface area (Å²) in [6, 6.07) is 1.59. The van der Waals surface area contributed by atoms with Gasteiger partial charge in [0, 0.05) is 31.9 Å². The Hall–Kier alpha value is -2.68. The van der Waals surface area contributed by atoms with Crippen LogP contribution in [0.5, 0.6) is 0 Å². The van der Waals surface area contributed by atoms with Gasteiger partial charge in [0.25, 0.3) is 11.8 Å². The molecule has 2 atom stereocenters. The van der Waals surface area contributed by atoms with Gasteiger partial charge in [0.2, 0.25) is 15.8 Å². The zero-order valence-electron chi connectivity index (χ0n) is 19.4. The van der Waals surface area contributed by atoms with Crippen LogP contribution in [-0.2, 0) is 19.5 Å². The van der Waals surface area contributed by atoms with Gasteiger partial charge in [-0.05, 0) is 32.8 Å². The number of rotatable bonds is 8. The first kappa shape index (κ1) is 24.0. The van der Waals surface area contributed by atoms with E-state index < -0.39 is 27.9 Å². The van der Waals surface area contributed by atoms with Gasteiger partial charge in [0.05, 0.1) is 36.2 Å². The molecule has 2 fully saturated rings. The Morgan fingerprint density at radius 3 is 2.74 bits per heavy atom. The van der Waals surface area contributed by atoms with Gasteiger partial charge >= 0.3 is 6.43 Å². The molecule has 1 saturated carbocycles. The molecule has 4 heterocycles. The predicted molar refractivity (Wildman–Crippen MR) is 120 cm³/mol. The topological polar surface area (TPSA) is 124 Å². The minimum Gasteiger partial charge on any atom is -0.412 e. The summed E-state index contributed by atoms with van der Waals surface area (Å²) in [7, 11) is -2.31. The fraction of sp³-hybridized carbons (Fsp3) is 0.571. The minimum atomic E-state index is -3.90. The average Bonchev–Trinajstić information content (AvgIpc) is 3.17. The first-order valence-electron chi connectivity index (χ1n) is 11.1. The molecule has 2 aliphatic rings. The van der Waals surface area contributed by atoms with Gasteiger partial charge in [-0.15, -0.1) is 10.2 Å². The summed E-state index contributed by atoms with van der Waals surface area (Å²) < 4.78 is 73.2. The second kappa shape index (κ2) is 8.76. The van der Waals surface area contributed by atoms with E-state index in [0.29, 0.717) is 30.9 Å². The number of fused-ring (bicyclic) bond motifs is 1. The van der Waals surface area contributed by atoms with Gasteiger partial charge in [0.15, 0.2) is 0 Å². The molecule has 1 aliphatic carbocycles. The molecule has 3 aromatic heterocycles. The maximum Gasteiger partial charge on any atom is 0.314 e. The number of nitrogens with one attached hydrogen (secondary N) is 1. The molecule has 11 nitrogen and oxygen atoms in total. The highest BCUT2D eigenvalue weighted by molar-refractivity contribution is 7.89. The predicted octanol–water partition coefficient (Wildman–Crippen LogP) is 2.39. The van der Waals surface area contributed by atoms with E-state index >= 15 is 0 Å². The van der Waals surface area contributed by atoms with Crippen molar-refractivity contribution in [1.82, 2.24) is 24.3 Å². The first-order valence-corrected chi connectivity index (χ1v) is 12.6. The number of nitrogens with zero attached hydrogens (tertiary/aromatic N) is 5. The molecule has 0 bridgehead atoms. The second-order valence-corrected chi connectivity index (χ2v) is 10.9. The SMILES string of the molecule is COC[C@H]1CN(c2cc(S(=O)(=O)NC3(C)CC3)cn3c(-c4nnc(C(F)F)o4)ncc23)C[C@H](C)O1. The monoisotopic (exact) mass is 512 g/mol. The number of hydrogen-bond donors (Lipinski definition) is 1. The molecule has 0 radical (unpaired) electrons. The van der Waals surface area contributed by atoms with Crippen molar-refractivity contribution in [2.24, 2.45) is 0 Å². The maximum absolute atomic E-state index is 13.3. The van der Waals surface area contributed by atoms with E-state index in [2.05, 4.69) is 19.9 Å². The first-order chi connectivity index (χ1) is 16.6. The number of morpholine rings is 1. The highest BCUT2D eigenvalue weighted by atomic mass is 32.2. The van der Waals surface area contributed by atoms with Gasteiger partial charge in [-0.25, -0.2) is 18.1 Å². The van der Waals surface area contributed by atoms with Gasteiger partial charge < -0.3 is 18.8 Å².